The van der Waals surface area contributed by atoms with Gasteiger partial charge < -0.3 is 9.47 Å². The van der Waals surface area contributed by atoms with E-state index in [9.17, 15) is 14.9 Å². The molecule has 0 N–H and O–H groups in total. The number of anilines is 1. The molecule has 9 nitrogen and oxygen atoms in total. The van der Waals surface area contributed by atoms with Crippen LogP contribution in [-0.2, 0) is 0 Å². The van der Waals surface area contributed by atoms with Gasteiger partial charge in [-0.3, -0.25) is 14.9 Å². The molecule has 0 aliphatic heterocycles. The minimum atomic E-state index is -0.531. The van der Waals surface area contributed by atoms with Crippen molar-refractivity contribution in [3.63, 3.8) is 0 Å². The summed E-state index contributed by atoms with van der Waals surface area (Å²) in [5.41, 5.74) is 1.42. The van der Waals surface area contributed by atoms with Crippen molar-refractivity contribution in [2.24, 2.45) is 5.10 Å². The van der Waals surface area contributed by atoms with Crippen LogP contribution >= 0.6 is 22.7 Å². The van der Waals surface area contributed by atoms with E-state index in [1.54, 1.807) is 50.6 Å². The number of nitro groups is 1. The lowest BCUT2D eigenvalue weighted by atomic mass is 10.2. The van der Waals surface area contributed by atoms with Crippen molar-refractivity contribution >= 4 is 55.1 Å². The molecule has 0 unspecified atom stereocenters. The first-order valence-electron chi connectivity index (χ1n) is 9.20. The van der Waals surface area contributed by atoms with Gasteiger partial charge in [0.05, 0.1) is 35.6 Å². The number of hydrogen-bond donors (Lipinski definition) is 0. The van der Waals surface area contributed by atoms with E-state index in [1.807, 2.05) is 6.07 Å². The number of methoxy groups -OCH3 is 2. The second-order valence-electron chi connectivity index (χ2n) is 6.36. The number of carbonyl (C=O) groups is 1. The molecule has 11 heteroatoms. The van der Waals surface area contributed by atoms with E-state index in [-0.39, 0.29) is 9.88 Å². The lowest BCUT2D eigenvalue weighted by Crippen LogP contribution is -2.24. The summed E-state index contributed by atoms with van der Waals surface area (Å²) < 4.78 is 11.2. The maximum Gasteiger partial charge on any atom is 0.324 e. The molecule has 2 heterocycles. The van der Waals surface area contributed by atoms with E-state index < -0.39 is 10.8 Å². The van der Waals surface area contributed by atoms with Gasteiger partial charge in [0.25, 0.3) is 5.91 Å². The highest BCUT2D eigenvalue weighted by Gasteiger charge is 2.24. The van der Waals surface area contributed by atoms with Gasteiger partial charge in [-0.05, 0) is 54.1 Å². The summed E-state index contributed by atoms with van der Waals surface area (Å²) in [5, 5.41) is 16.8. The molecule has 4 aromatic rings. The van der Waals surface area contributed by atoms with Crippen LogP contribution in [0.1, 0.15) is 15.2 Å². The number of ether oxygens (including phenoxy) is 2. The van der Waals surface area contributed by atoms with Crippen molar-refractivity contribution in [2.45, 2.75) is 0 Å². The fourth-order valence-electron chi connectivity index (χ4n) is 2.76. The largest absolute Gasteiger partial charge is 0.497 e. The van der Waals surface area contributed by atoms with E-state index in [0.29, 0.717) is 22.1 Å². The Morgan fingerprint density at radius 3 is 2.44 bits per heavy atom. The van der Waals surface area contributed by atoms with Crippen LogP contribution in [0.25, 0.3) is 10.2 Å². The molecule has 0 bridgehead atoms. The van der Waals surface area contributed by atoms with Gasteiger partial charge in [-0.15, -0.1) is 0 Å². The normalized spacial score (nSPS) is 11.1. The average Bonchev–Trinajstić information content (AvgIpc) is 3.46. The van der Waals surface area contributed by atoms with Crippen LogP contribution in [0.5, 0.6) is 11.5 Å². The van der Waals surface area contributed by atoms with Crippen LogP contribution in [0.4, 0.5) is 10.1 Å². The minimum absolute atomic E-state index is 0.124. The summed E-state index contributed by atoms with van der Waals surface area (Å²) in [7, 11) is 3.15. The van der Waals surface area contributed by atoms with Crippen LogP contribution in [0.3, 0.4) is 0 Å². The molecule has 2 aromatic heterocycles. The first kappa shape index (κ1) is 21.4. The second kappa shape index (κ2) is 9.12. The Bertz CT molecular complexity index is 1310. The highest BCUT2D eigenvalue weighted by atomic mass is 32.1. The molecule has 0 spiro atoms. The highest BCUT2D eigenvalue weighted by Crippen LogP contribution is 2.34. The fraction of sp³-hybridized carbons (Fsp3) is 0.0952. The Morgan fingerprint density at radius 2 is 1.78 bits per heavy atom. The van der Waals surface area contributed by atoms with E-state index >= 15 is 0 Å². The molecule has 162 valence electrons. The summed E-state index contributed by atoms with van der Waals surface area (Å²) >= 11 is 2.05. The number of thiazole rings is 1. The first-order valence-corrected chi connectivity index (χ1v) is 10.8. The van der Waals surface area contributed by atoms with Crippen LogP contribution in [0.15, 0.2) is 59.7 Å². The van der Waals surface area contributed by atoms with Crippen molar-refractivity contribution < 1.29 is 19.2 Å². The van der Waals surface area contributed by atoms with Crippen LogP contribution in [-0.4, -0.2) is 36.2 Å². The lowest BCUT2D eigenvalue weighted by molar-refractivity contribution is -0.380. The molecule has 4 rings (SSSR count). The quantitative estimate of drug-likeness (QED) is 0.215. The Kier molecular flexibility index (Phi) is 6.10. The third-order valence-corrected chi connectivity index (χ3v) is 6.40. The molecule has 0 fully saturated rings. The number of hydrazone groups is 1. The number of rotatable bonds is 7. The smallest absolute Gasteiger partial charge is 0.324 e. The topological polar surface area (TPSA) is 107 Å². The van der Waals surface area contributed by atoms with Crippen LogP contribution < -0.4 is 14.5 Å². The molecule has 0 radical (unpaired) electrons. The highest BCUT2D eigenvalue weighted by molar-refractivity contribution is 7.22. The number of carbonyl (C=O) groups excluding carboxylic acids is 1. The maximum atomic E-state index is 13.2. The first-order chi connectivity index (χ1) is 15.5. The number of thiophene rings is 1. The Hall–Kier alpha value is -3.83. The van der Waals surface area contributed by atoms with E-state index in [2.05, 4.69) is 10.1 Å². The molecule has 0 aliphatic carbocycles. The molecular weight excluding hydrogens is 452 g/mol. The Labute approximate surface area is 190 Å². The van der Waals surface area contributed by atoms with Gasteiger partial charge in [0.1, 0.15) is 16.4 Å². The standard InChI is InChI=1S/C21H16N4O5S2/c1-29-14-5-3-13(4-6-14)12-22-24(20(26)17-9-10-19(31-17)25(27)28)21-23-16-8-7-15(30-2)11-18(16)32-21/h3-12H,1-2H3/b22-12+. The number of hydrogen-bond acceptors (Lipinski definition) is 9. The lowest BCUT2D eigenvalue weighted by Gasteiger charge is -2.12. The van der Waals surface area contributed by atoms with Crippen molar-refractivity contribution in [2.75, 3.05) is 19.2 Å². The molecule has 2 aromatic carbocycles. The van der Waals surface area contributed by atoms with Gasteiger partial charge in [0.15, 0.2) is 0 Å². The zero-order valence-corrected chi connectivity index (χ0v) is 18.6. The summed E-state index contributed by atoms with van der Waals surface area (Å²) in [4.78, 5) is 28.4. The summed E-state index contributed by atoms with van der Waals surface area (Å²) in [5.74, 6) is 0.848. The number of amides is 1. The minimum Gasteiger partial charge on any atom is -0.497 e. The number of fused-ring (bicyclic) bond motifs is 1. The SMILES string of the molecule is COc1ccc(/C=N/N(C(=O)c2ccc([N+](=O)[O-])s2)c2nc3ccc(OC)cc3s2)cc1. The van der Waals surface area contributed by atoms with E-state index in [4.69, 9.17) is 9.47 Å². The van der Waals surface area contributed by atoms with Crippen molar-refractivity contribution in [3.8, 4) is 11.5 Å². The van der Waals surface area contributed by atoms with Crippen LogP contribution in [0.2, 0.25) is 0 Å². The monoisotopic (exact) mass is 468 g/mol. The van der Waals surface area contributed by atoms with Gasteiger partial charge in [-0.25, -0.2) is 4.98 Å². The Balaban J connectivity index is 1.73. The number of nitrogens with zero attached hydrogens (tertiary/aromatic N) is 4. The molecule has 0 aliphatic rings. The third kappa shape index (κ3) is 4.43. The molecule has 32 heavy (non-hydrogen) atoms. The molecule has 0 saturated heterocycles. The zero-order valence-electron chi connectivity index (χ0n) is 16.9. The summed E-state index contributed by atoms with van der Waals surface area (Å²) in [6.45, 7) is 0. The summed E-state index contributed by atoms with van der Waals surface area (Å²) in [6, 6.07) is 15.3. The van der Waals surface area contributed by atoms with Crippen molar-refractivity contribution in [3.05, 3.63) is 75.2 Å². The average molecular weight is 469 g/mol. The predicted octanol–water partition coefficient (Wildman–Crippen LogP) is 4.96. The van der Waals surface area contributed by atoms with Gasteiger partial charge in [-0.2, -0.15) is 10.1 Å². The van der Waals surface area contributed by atoms with Gasteiger partial charge in [0.2, 0.25) is 5.13 Å². The van der Waals surface area contributed by atoms with Crippen LogP contribution in [0, 0.1) is 10.1 Å². The van der Waals surface area contributed by atoms with Gasteiger partial charge >= 0.3 is 5.00 Å². The Morgan fingerprint density at radius 1 is 1.06 bits per heavy atom. The predicted molar refractivity (Wildman–Crippen MR) is 125 cm³/mol. The third-order valence-electron chi connectivity index (χ3n) is 4.38. The van der Waals surface area contributed by atoms with Gasteiger partial charge in [0, 0.05) is 6.07 Å². The van der Waals surface area contributed by atoms with Crippen molar-refractivity contribution in [1.82, 2.24) is 4.98 Å². The maximum absolute atomic E-state index is 13.2. The molecule has 0 saturated carbocycles. The summed E-state index contributed by atoms with van der Waals surface area (Å²) in [6.07, 6.45) is 1.52. The van der Waals surface area contributed by atoms with Crippen molar-refractivity contribution in [1.29, 1.82) is 0 Å². The molecule has 1 amide bonds. The van der Waals surface area contributed by atoms with Gasteiger partial charge in [-0.1, -0.05) is 22.7 Å². The molecule has 0 atom stereocenters. The zero-order chi connectivity index (χ0) is 22.7. The van der Waals surface area contributed by atoms with E-state index in [1.165, 1.54) is 29.7 Å². The number of benzene rings is 2. The fourth-order valence-corrected chi connectivity index (χ4v) is 4.45. The van der Waals surface area contributed by atoms with E-state index in [0.717, 1.165) is 26.6 Å². The molecular formula is C21H16N4O5S2. The number of aromatic nitrogens is 1. The second-order valence-corrected chi connectivity index (χ2v) is 8.43.